The number of aliphatic carboxylic acids is 1. The second-order valence-electron chi connectivity index (χ2n) is 11.3. The van der Waals surface area contributed by atoms with Gasteiger partial charge in [-0.05, 0) is 64.0 Å². The van der Waals surface area contributed by atoms with Crippen molar-refractivity contribution >= 4 is 11.9 Å². The summed E-state index contributed by atoms with van der Waals surface area (Å²) in [6.45, 7) is 10.7. The third-order valence-electron chi connectivity index (χ3n) is 7.24. The number of benzene rings is 1. The van der Waals surface area contributed by atoms with Crippen molar-refractivity contribution in [1.29, 1.82) is 0 Å². The highest BCUT2D eigenvalue weighted by molar-refractivity contribution is 5.97. The highest BCUT2D eigenvalue weighted by Gasteiger charge is 2.40. The number of nitrogens with zero attached hydrogens (tertiary/aromatic N) is 2. The van der Waals surface area contributed by atoms with Crippen molar-refractivity contribution in [2.75, 3.05) is 19.7 Å². The van der Waals surface area contributed by atoms with E-state index in [1.807, 2.05) is 34.6 Å². The molecule has 1 unspecified atom stereocenters. The first-order chi connectivity index (χ1) is 16.4. The lowest BCUT2D eigenvalue weighted by Gasteiger charge is -2.44. The van der Waals surface area contributed by atoms with Gasteiger partial charge in [0.2, 0.25) is 0 Å². The van der Waals surface area contributed by atoms with Gasteiger partial charge in [0, 0.05) is 31.2 Å². The number of carboxylic acid groups (broad SMARTS) is 1. The fraction of sp³-hybridized carbons (Fsp3) is 0.704. The zero-order chi connectivity index (χ0) is 25.9. The average molecular weight is 491 g/mol. The predicted molar refractivity (Wildman–Crippen MR) is 134 cm³/mol. The number of rotatable bonds is 8. The van der Waals surface area contributed by atoms with Crippen LogP contribution < -0.4 is 0 Å². The van der Waals surface area contributed by atoms with Crippen LogP contribution in [0.1, 0.15) is 95.0 Å². The van der Waals surface area contributed by atoms with Crippen LogP contribution in [0.15, 0.2) is 12.1 Å². The minimum Gasteiger partial charge on any atom is -0.508 e. The zero-order valence-electron chi connectivity index (χ0n) is 21.8. The van der Waals surface area contributed by atoms with Crippen LogP contribution >= 0.6 is 0 Å². The van der Waals surface area contributed by atoms with Gasteiger partial charge in [0.1, 0.15) is 17.5 Å². The number of hydrogen-bond donors (Lipinski definition) is 3. The van der Waals surface area contributed by atoms with Crippen molar-refractivity contribution in [2.45, 2.75) is 103 Å². The summed E-state index contributed by atoms with van der Waals surface area (Å²) in [5, 5.41) is 30.6. The Morgan fingerprint density at radius 1 is 1.03 bits per heavy atom. The summed E-state index contributed by atoms with van der Waals surface area (Å²) in [6.07, 6.45) is 5.50. The third-order valence-corrected chi connectivity index (χ3v) is 7.24. The van der Waals surface area contributed by atoms with Crippen LogP contribution in [-0.2, 0) is 9.53 Å². The molecule has 0 bridgehead atoms. The number of carbonyl (C=O) groups is 2. The largest absolute Gasteiger partial charge is 0.508 e. The maximum absolute atomic E-state index is 13.3. The van der Waals surface area contributed by atoms with Gasteiger partial charge in [-0.2, -0.15) is 0 Å². The summed E-state index contributed by atoms with van der Waals surface area (Å²) in [5.74, 6) is -1.36. The molecule has 1 aromatic carbocycles. The lowest BCUT2D eigenvalue weighted by Crippen LogP contribution is -2.57. The molecule has 3 N–H and O–H groups in total. The van der Waals surface area contributed by atoms with E-state index in [0.29, 0.717) is 31.5 Å². The molecule has 1 aliphatic carbocycles. The highest BCUT2D eigenvalue weighted by atomic mass is 16.5. The molecular weight excluding hydrogens is 448 g/mol. The molecule has 8 heteroatoms. The standard InChI is InChI=1S/C27H42N2O6/c1-17(2)20-14-21(24(31)15-23(20)30)25(32)28-12-10-19(11-13-28)29(18-8-6-7-9-18)22(26(33)34)16-35-27(3,4)5/h14-15,17-19,22,30-31H,6-13,16H2,1-5H3,(H,33,34). The van der Waals surface area contributed by atoms with Crippen molar-refractivity contribution < 1.29 is 29.6 Å². The van der Waals surface area contributed by atoms with Gasteiger partial charge in [-0.3, -0.25) is 14.5 Å². The van der Waals surface area contributed by atoms with Gasteiger partial charge in [-0.15, -0.1) is 0 Å². The smallest absolute Gasteiger partial charge is 0.323 e. The summed E-state index contributed by atoms with van der Waals surface area (Å²) in [7, 11) is 0. The van der Waals surface area contributed by atoms with Gasteiger partial charge >= 0.3 is 5.97 Å². The molecule has 1 saturated heterocycles. The summed E-state index contributed by atoms with van der Waals surface area (Å²) in [5.41, 5.74) is 0.391. The lowest BCUT2D eigenvalue weighted by molar-refractivity contribution is -0.152. The summed E-state index contributed by atoms with van der Waals surface area (Å²) in [6, 6.07) is 2.36. The first-order valence-electron chi connectivity index (χ1n) is 12.9. The Hall–Kier alpha value is -2.32. The molecule has 1 aliphatic heterocycles. The normalized spacial score (nSPS) is 19.0. The Labute approximate surface area is 208 Å². The molecule has 1 amide bonds. The Morgan fingerprint density at radius 2 is 1.60 bits per heavy atom. The minimum absolute atomic E-state index is 0.0103. The van der Waals surface area contributed by atoms with Crippen molar-refractivity contribution in [2.24, 2.45) is 0 Å². The Morgan fingerprint density at radius 3 is 2.11 bits per heavy atom. The van der Waals surface area contributed by atoms with E-state index in [-0.39, 0.29) is 47.6 Å². The van der Waals surface area contributed by atoms with Gasteiger partial charge in [-0.1, -0.05) is 26.7 Å². The predicted octanol–water partition coefficient (Wildman–Crippen LogP) is 4.34. The van der Waals surface area contributed by atoms with Gasteiger partial charge in [0.25, 0.3) is 5.91 Å². The van der Waals surface area contributed by atoms with Crippen molar-refractivity contribution in [1.82, 2.24) is 9.80 Å². The summed E-state index contributed by atoms with van der Waals surface area (Å²) < 4.78 is 5.92. The SMILES string of the molecule is CC(C)c1cc(C(=O)N2CCC(N(C3CCCC3)C(COC(C)(C)C)C(=O)O)CC2)c(O)cc1O. The molecule has 1 saturated carbocycles. The van der Waals surface area contributed by atoms with Gasteiger partial charge in [0.15, 0.2) is 0 Å². The van der Waals surface area contributed by atoms with E-state index in [1.54, 1.807) is 11.0 Å². The molecule has 196 valence electrons. The molecular formula is C27H42N2O6. The van der Waals surface area contributed by atoms with E-state index < -0.39 is 17.6 Å². The number of amides is 1. The van der Waals surface area contributed by atoms with Crippen molar-refractivity contribution in [3.8, 4) is 11.5 Å². The van der Waals surface area contributed by atoms with E-state index >= 15 is 0 Å². The van der Waals surface area contributed by atoms with E-state index in [1.165, 1.54) is 6.07 Å². The molecule has 0 radical (unpaired) electrons. The summed E-state index contributed by atoms with van der Waals surface area (Å²) in [4.78, 5) is 29.5. The fourth-order valence-electron chi connectivity index (χ4n) is 5.39. The van der Waals surface area contributed by atoms with Crippen molar-refractivity contribution in [3.05, 3.63) is 23.3 Å². The molecule has 3 rings (SSSR count). The van der Waals surface area contributed by atoms with Crippen LogP contribution in [0.25, 0.3) is 0 Å². The van der Waals surface area contributed by atoms with E-state index in [0.717, 1.165) is 25.7 Å². The van der Waals surface area contributed by atoms with Crippen LogP contribution in [0.3, 0.4) is 0 Å². The van der Waals surface area contributed by atoms with Gasteiger partial charge in [-0.25, -0.2) is 0 Å². The molecule has 2 fully saturated rings. The highest BCUT2D eigenvalue weighted by Crippen LogP contribution is 2.35. The summed E-state index contributed by atoms with van der Waals surface area (Å²) >= 11 is 0. The van der Waals surface area contributed by atoms with Crippen LogP contribution in [0.2, 0.25) is 0 Å². The topological polar surface area (TPSA) is 111 Å². The van der Waals surface area contributed by atoms with Crippen LogP contribution in [0.4, 0.5) is 0 Å². The quantitative estimate of drug-likeness (QED) is 0.497. The van der Waals surface area contributed by atoms with Crippen LogP contribution in [0, 0.1) is 0 Å². The van der Waals surface area contributed by atoms with Crippen LogP contribution in [0.5, 0.6) is 11.5 Å². The van der Waals surface area contributed by atoms with Gasteiger partial charge in [0.05, 0.1) is 17.8 Å². The molecule has 2 aliphatic rings. The maximum atomic E-state index is 13.3. The number of phenols is 2. The number of carbonyl (C=O) groups excluding carboxylic acids is 1. The van der Waals surface area contributed by atoms with Crippen molar-refractivity contribution in [3.63, 3.8) is 0 Å². The lowest BCUT2D eigenvalue weighted by atomic mass is 9.95. The number of carboxylic acids is 1. The molecule has 35 heavy (non-hydrogen) atoms. The van der Waals surface area contributed by atoms with Crippen LogP contribution in [-0.4, -0.2) is 80.4 Å². The zero-order valence-corrected chi connectivity index (χ0v) is 21.8. The molecule has 0 aromatic heterocycles. The average Bonchev–Trinajstić information content (AvgIpc) is 3.29. The first-order valence-corrected chi connectivity index (χ1v) is 12.9. The molecule has 1 atom stereocenters. The molecule has 1 heterocycles. The molecule has 0 spiro atoms. The number of likely N-dealkylation sites (tertiary alicyclic amines) is 1. The second kappa shape index (κ2) is 11.2. The number of piperidine rings is 1. The Balaban J connectivity index is 1.75. The number of ether oxygens (including phenoxy) is 1. The van der Waals surface area contributed by atoms with E-state index in [2.05, 4.69) is 4.90 Å². The van der Waals surface area contributed by atoms with E-state index in [4.69, 9.17) is 4.74 Å². The minimum atomic E-state index is -0.866. The Kier molecular flexibility index (Phi) is 8.70. The van der Waals surface area contributed by atoms with Gasteiger partial charge < -0.3 is 25.0 Å². The maximum Gasteiger partial charge on any atom is 0.323 e. The molecule has 1 aromatic rings. The Bertz CT molecular complexity index is 896. The second-order valence-corrected chi connectivity index (χ2v) is 11.3. The fourth-order valence-corrected chi connectivity index (χ4v) is 5.39. The molecule has 8 nitrogen and oxygen atoms in total. The number of hydrogen-bond acceptors (Lipinski definition) is 6. The number of phenolic OH excluding ortho intramolecular Hbond substituents is 2. The van der Waals surface area contributed by atoms with E-state index in [9.17, 15) is 24.9 Å². The monoisotopic (exact) mass is 490 g/mol. The third kappa shape index (κ3) is 6.67. The number of aromatic hydroxyl groups is 2. The first kappa shape index (κ1) is 27.3.